The highest BCUT2D eigenvalue weighted by Crippen LogP contribution is 2.52. The lowest BCUT2D eigenvalue weighted by molar-refractivity contribution is 0.663. The van der Waals surface area contributed by atoms with E-state index in [1.165, 1.54) is 65.7 Å². The molecule has 0 amide bonds. The fraction of sp³-hybridized carbons (Fsp3) is 0.0909. The van der Waals surface area contributed by atoms with Crippen molar-refractivity contribution in [1.82, 2.24) is 0 Å². The molecule has 0 unspecified atom stereocenters. The number of benzene rings is 6. The minimum absolute atomic E-state index is 0.0200. The number of rotatable bonds is 2. The Morgan fingerprint density at radius 2 is 0.970 bits per heavy atom. The highest BCUT2D eigenvalue weighted by molar-refractivity contribution is 6.31. The Hall–Kier alpha value is -3.90. The molecule has 0 aromatic heterocycles. The van der Waals surface area contributed by atoms with Gasteiger partial charge >= 0.3 is 0 Å². The maximum absolute atomic E-state index is 2.37. The molecule has 0 radical (unpaired) electrons. The zero-order valence-corrected chi connectivity index (χ0v) is 18.9. The zero-order chi connectivity index (χ0) is 22.2. The summed E-state index contributed by atoms with van der Waals surface area (Å²) in [4.78, 5) is 0. The van der Waals surface area contributed by atoms with E-state index in [-0.39, 0.29) is 5.41 Å². The van der Waals surface area contributed by atoms with Crippen molar-refractivity contribution in [3.8, 4) is 22.3 Å². The van der Waals surface area contributed by atoms with Crippen molar-refractivity contribution < 1.29 is 0 Å². The van der Waals surface area contributed by atoms with Crippen LogP contribution in [0.2, 0.25) is 0 Å². The van der Waals surface area contributed by atoms with E-state index in [1.807, 2.05) is 0 Å². The molecule has 0 fully saturated rings. The summed E-state index contributed by atoms with van der Waals surface area (Å²) in [5.41, 5.74) is 7.99. The first kappa shape index (κ1) is 18.7. The van der Waals surface area contributed by atoms with Gasteiger partial charge in [0.15, 0.2) is 0 Å². The van der Waals surface area contributed by atoms with Crippen LogP contribution in [-0.2, 0) is 5.41 Å². The van der Waals surface area contributed by atoms with Crippen LogP contribution in [0.1, 0.15) is 25.0 Å². The summed E-state index contributed by atoms with van der Waals surface area (Å²) in [6.07, 6.45) is 0. The fourth-order valence-corrected chi connectivity index (χ4v) is 6.07. The third kappa shape index (κ3) is 2.47. The minimum atomic E-state index is 0.0200. The van der Waals surface area contributed by atoms with Gasteiger partial charge in [0.1, 0.15) is 0 Å². The van der Waals surface area contributed by atoms with E-state index in [4.69, 9.17) is 0 Å². The molecule has 0 heterocycles. The normalized spacial score (nSPS) is 14.0. The van der Waals surface area contributed by atoms with Gasteiger partial charge in [0.2, 0.25) is 0 Å². The number of fused-ring (bicyclic) bond motifs is 3. The van der Waals surface area contributed by atoms with Gasteiger partial charge in [0.25, 0.3) is 0 Å². The molecule has 6 aromatic carbocycles. The smallest absolute Gasteiger partial charge is 0.0159 e. The molecule has 1 aliphatic rings. The minimum Gasteiger partial charge on any atom is -0.0622 e. The van der Waals surface area contributed by atoms with Crippen LogP contribution in [0.15, 0.2) is 109 Å². The quantitative estimate of drug-likeness (QED) is 0.245. The maximum atomic E-state index is 2.37. The van der Waals surface area contributed by atoms with Crippen molar-refractivity contribution in [2.75, 3.05) is 0 Å². The van der Waals surface area contributed by atoms with E-state index in [2.05, 4.69) is 123 Å². The molecule has 0 N–H and O–H groups in total. The Balaban J connectivity index is 1.62. The van der Waals surface area contributed by atoms with Crippen LogP contribution in [0.25, 0.3) is 54.6 Å². The number of hydrogen-bond donors (Lipinski definition) is 0. The highest BCUT2D eigenvalue weighted by atomic mass is 14.4. The molecule has 0 aliphatic heterocycles. The second kappa shape index (κ2) is 6.56. The van der Waals surface area contributed by atoms with Crippen molar-refractivity contribution in [2.45, 2.75) is 19.3 Å². The first-order valence-electron chi connectivity index (χ1n) is 11.7. The first-order valence-corrected chi connectivity index (χ1v) is 11.7. The first-order chi connectivity index (χ1) is 16.1. The predicted molar refractivity (Wildman–Crippen MR) is 142 cm³/mol. The topological polar surface area (TPSA) is 0 Å². The largest absolute Gasteiger partial charge is 0.0622 e. The Morgan fingerprint density at radius 1 is 0.424 bits per heavy atom. The summed E-state index contributed by atoms with van der Waals surface area (Å²) in [7, 11) is 0. The summed E-state index contributed by atoms with van der Waals surface area (Å²) in [6, 6.07) is 40.2. The monoisotopic (exact) mass is 420 g/mol. The average Bonchev–Trinajstić information content (AvgIpc) is 3.11. The zero-order valence-electron chi connectivity index (χ0n) is 18.9. The highest BCUT2D eigenvalue weighted by Gasteiger charge is 2.34. The molecule has 6 aromatic rings. The van der Waals surface area contributed by atoms with Gasteiger partial charge in [-0.25, -0.2) is 0 Å². The maximum Gasteiger partial charge on any atom is 0.0159 e. The Morgan fingerprint density at radius 3 is 1.73 bits per heavy atom. The van der Waals surface area contributed by atoms with Crippen LogP contribution in [0.5, 0.6) is 0 Å². The average molecular weight is 421 g/mol. The fourth-order valence-electron chi connectivity index (χ4n) is 6.07. The van der Waals surface area contributed by atoms with E-state index in [9.17, 15) is 0 Å². The molecule has 0 saturated carbocycles. The second-order valence-electron chi connectivity index (χ2n) is 9.76. The van der Waals surface area contributed by atoms with Crippen LogP contribution >= 0.6 is 0 Å². The summed E-state index contributed by atoms with van der Waals surface area (Å²) in [5, 5.41) is 8.32. The lowest BCUT2D eigenvalue weighted by Gasteiger charge is -2.21. The van der Waals surface area contributed by atoms with Gasteiger partial charge in [0.05, 0.1) is 0 Å². The Labute approximate surface area is 194 Å². The molecule has 0 heteroatoms. The standard InChI is InChI=1S/C33H24/c1-33(2)28-18-8-16-26-25-15-7-14-24(30(25)27-17-9-19-29(33)32(27)31(26)28)23-13-6-12-22(20-23)21-10-4-3-5-11-21/h3-20H,1-2H3. The van der Waals surface area contributed by atoms with E-state index in [1.54, 1.807) is 0 Å². The van der Waals surface area contributed by atoms with Crippen molar-refractivity contribution in [1.29, 1.82) is 0 Å². The van der Waals surface area contributed by atoms with E-state index >= 15 is 0 Å². The van der Waals surface area contributed by atoms with Crippen molar-refractivity contribution >= 4 is 32.3 Å². The molecule has 156 valence electrons. The molecule has 0 atom stereocenters. The van der Waals surface area contributed by atoms with Crippen molar-refractivity contribution in [2.24, 2.45) is 0 Å². The van der Waals surface area contributed by atoms with Crippen LogP contribution in [0, 0.1) is 0 Å². The van der Waals surface area contributed by atoms with Gasteiger partial charge < -0.3 is 0 Å². The van der Waals surface area contributed by atoms with Gasteiger partial charge in [-0.1, -0.05) is 117 Å². The lowest BCUT2D eigenvalue weighted by atomic mass is 9.82. The van der Waals surface area contributed by atoms with Crippen molar-refractivity contribution in [3.63, 3.8) is 0 Å². The molecular weight excluding hydrogens is 396 g/mol. The van der Waals surface area contributed by atoms with Crippen LogP contribution in [0.3, 0.4) is 0 Å². The molecular formula is C33H24. The summed E-state index contributed by atoms with van der Waals surface area (Å²) < 4.78 is 0. The molecule has 0 bridgehead atoms. The molecule has 0 saturated heterocycles. The van der Waals surface area contributed by atoms with E-state index in [0.717, 1.165) is 0 Å². The third-order valence-corrected chi connectivity index (χ3v) is 7.63. The van der Waals surface area contributed by atoms with Crippen molar-refractivity contribution in [3.05, 3.63) is 120 Å². The van der Waals surface area contributed by atoms with Crippen LogP contribution in [-0.4, -0.2) is 0 Å². The Kier molecular flexibility index (Phi) is 3.71. The summed E-state index contributed by atoms with van der Waals surface area (Å²) >= 11 is 0. The van der Waals surface area contributed by atoms with Gasteiger partial charge in [0, 0.05) is 5.41 Å². The summed E-state index contributed by atoms with van der Waals surface area (Å²) in [6.45, 7) is 4.73. The SMILES string of the molecule is CC1(C)c2cccc3c4cccc(-c5cccc(-c6ccccc6)c5)c4c4cccc1c4c23. The molecule has 0 spiro atoms. The second-order valence-corrected chi connectivity index (χ2v) is 9.76. The van der Waals surface area contributed by atoms with Gasteiger partial charge in [-0.2, -0.15) is 0 Å². The van der Waals surface area contributed by atoms with Crippen LogP contribution in [0.4, 0.5) is 0 Å². The van der Waals surface area contributed by atoms with Crippen LogP contribution < -0.4 is 0 Å². The van der Waals surface area contributed by atoms with E-state index < -0.39 is 0 Å². The molecule has 0 nitrogen and oxygen atoms in total. The molecule has 1 aliphatic carbocycles. The third-order valence-electron chi connectivity index (χ3n) is 7.63. The van der Waals surface area contributed by atoms with Gasteiger partial charge in [-0.15, -0.1) is 0 Å². The molecule has 7 rings (SSSR count). The van der Waals surface area contributed by atoms with E-state index in [0.29, 0.717) is 0 Å². The van der Waals surface area contributed by atoms with Gasteiger partial charge in [-0.05, 0) is 71.8 Å². The van der Waals surface area contributed by atoms with Gasteiger partial charge in [-0.3, -0.25) is 0 Å². The Bertz CT molecular complexity index is 1720. The summed E-state index contributed by atoms with van der Waals surface area (Å²) in [5.74, 6) is 0. The number of hydrogen-bond acceptors (Lipinski definition) is 0. The molecule has 33 heavy (non-hydrogen) atoms. The predicted octanol–water partition coefficient (Wildman–Crippen LogP) is 9.12. The lowest BCUT2D eigenvalue weighted by Crippen LogP contribution is -2.14.